The van der Waals surface area contributed by atoms with E-state index in [2.05, 4.69) is 10.3 Å². The second-order valence-electron chi connectivity index (χ2n) is 4.96. The Morgan fingerprint density at radius 2 is 1.60 bits per heavy atom. The maximum Gasteiger partial charge on any atom is 0.338 e. The molecule has 0 radical (unpaired) electrons. The van der Waals surface area contributed by atoms with E-state index in [9.17, 15) is 14.4 Å². The number of thiazole rings is 1. The fraction of sp³-hybridized carbons (Fsp3) is 0.294. The number of aromatic nitrogens is 1. The highest BCUT2D eigenvalue weighted by molar-refractivity contribution is 7.12. The van der Waals surface area contributed by atoms with Gasteiger partial charge in [0.1, 0.15) is 4.88 Å². The molecule has 1 N–H and O–H groups in total. The number of benzene rings is 1. The number of hydrogen-bond donors (Lipinski definition) is 1. The summed E-state index contributed by atoms with van der Waals surface area (Å²) in [5.74, 6) is -1.54. The molecular weight excluding hydrogens is 344 g/mol. The normalized spacial score (nSPS) is 10.2. The van der Waals surface area contributed by atoms with Crippen molar-refractivity contribution in [1.82, 2.24) is 4.98 Å². The van der Waals surface area contributed by atoms with Gasteiger partial charge in [0.2, 0.25) is 0 Å². The maximum absolute atomic E-state index is 12.3. The zero-order chi connectivity index (χ0) is 18.4. The van der Waals surface area contributed by atoms with Gasteiger partial charge in [-0.2, -0.15) is 0 Å². The summed E-state index contributed by atoms with van der Waals surface area (Å²) in [5, 5.41) is 2.68. The molecule has 8 heteroatoms. The van der Waals surface area contributed by atoms with E-state index in [1.807, 2.05) is 0 Å². The van der Waals surface area contributed by atoms with Crippen LogP contribution < -0.4 is 5.32 Å². The summed E-state index contributed by atoms with van der Waals surface area (Å²) in [7, 11) is 0. The second kappa shape index (κ2) is 8.39. The van der Waals surface area contributed by atoms with E-state index in [0.717, 1.165) is 0 Å². The minimum atomic E-state index is -0.585. The van der Waals surface area contributed by atoms with Gasteiger partial charge in [-0.1, -0.05) is 0 Å². The third kappa shape index (κ3) is 4.63. The van der Waals surface area contributed by atoms with Crippen molar-refractivity contribution in [3.05, 3.63) is 45.4 Å². The van der Waals surface area contributed by atoms with Gasteiger partial charge in [-0.05, 0) is 39.0 Å². The van der Waals surface area contributed by atoms with E-state index in [1.54, 1.807) is 26.3 Å². The zero-order valence-electron chi connectivity index (χ0n) is 14.1. The smallest absolute Gasteiger partial charge is 0.338 e. The number of hydrogen-bond acceptors (Lipinski definition) is 7. The standard InChI is InChI=1S/C17H18N2O5S/c1-4-23-16(21)11-6-12(17(22)24-5-2)8-13(7-11)19-15(20)14-10(3)18-9-25-14/h6-9H,4-5H2,1-3H3,(H,19,20). The average Bonchev–Trinajstić information content (AvgIpc) is 3.01. The molecule has 0 atom stereocenters. The molecule has 0 aliphatic heterocycles. The molecule has 0 aliphatic rings. The minimum Gasteiger partial charge on any atom is -0.462 e. The van der Waals surface area contributed by atoms with Crippen LogP contribution in [0.15, 0.2) is 23.7 Å². The first-order valence-corrected chi connectivity index (χ1v) is 8.55. The van der Waals surface area contributed by atoms with Crippen molar-refractivity contribution in [3.63, 3.8) is 0 Å². The summed E-state index contributed by atoms with van der Waals surface area (Å²) in [5.41, 5.74) is 2.79. The molecule has 1 heterocycles. The van der Waals surface area contributed by atoms with Gasteiger partial charge in [-0.3, -0.25) is 4.79 Å². The number of carbonyl (C=O) groups excluding carboxylic acids is 3. The molecule has 25 heavy (non-hydrogen) atoms. The fourth-order valence-electron chi connectivity index (χ4n) is 2.07. The van der Waals surface area contributed by atoms with Crippen LogP contribution in [0.5, 0.6) is 0 Å². The van der Waals surface area contributed by atoms with Gasteiger partial charge in [-0.15, -0.1) is 11.3 Å². The van der Waals surface area contributed by atoms with Crippen molar-refractivity contribution >= 4 is 34.9 Å². The predicted molar refractivity (Wildman–Crippen MR) is 93.2 cm³/mol. The summed E-state index contributed by atoms with van der Waals surface area (Å²) in [6, 6.07) is 4.29. The number of carbonyl (C=O) groups is 3. The molecule has 0 saturated heterocycles. The lowest BCUT2D eigenvalue weighted by atomic mass is 10.1. The number of ether oxygens (including phenoxy) is 2. The lowest BCUT2D eigenvalue weighted by molar-refractivity contribution is 0.0525. The first-order chi connectivity index (χ1) is 12.0. The van der Waals surface area contributed by atoms with Gasteiger partial charge in [0.25, 0.3) is 5.91 Å². The van der Waals surface area contributed by atoms with Gasteiger partial charge in [0, 0.05) is 5.69 Å². The molecule has 132 valence electrons. The lowest BCUT2D eigenvalue weighted by Gasteiger charge is -2.10. The highest BCUT2D eigenvalue weighted by Crippen LogP contribution is 2.20. The van der Waals surface area contributed by atoms with Crippen molar-refractivity contribution in [1.29, 1.82) is 0 Å². The van der Waals surface area contributed by atoms with Crippen molar-refractivity contribution in [3.8, 4) is 0 Å². The predicted octanol–water partition coefficient (Wildman–Crippen LogP) is 3.06. The molecular formula is C17H18N2O5S. The average molecular weight is 362 g/mol. The third-order valence-electron chi connectivity index (χ3n) is 3.16. The molecule has 1 amide bonds. The highest BCUT2D eigenvalue weighted by Gasteiger charge is 2.17. The van der Waals surface area contributed by atoms with Crippen molar-refractivity contribution in [2.24, 2.45) is 0 Å². The van der Waals surface area contributed by atoms with E-state index in [0.29, 0.717) is 16.3 Å². The molecule has 1 aromatic heterocycles. The summed E-state index contributed by atoms with van der Waals surface area (Å²) in [6.07, 6.45) is 0. The van der Waals surface area contributed by atoms with Crippen LogP contribution in [0.25, 0.3) is 0 Å². The Hall–Kier alpha value is -2.74. The van der Waals surface area contributed by atoms with Crippen LogP contribution in [0.4, 0.5) is 5.69 Å². The first kappa shape index (κ1) is 18.6. The Balaban J connectivity index is 2.35. The van der Waals surface area contributed by atoms with Crippen LogP contribution in [-0.2, 0) is 9.47 Å². The second-order valence-corrected chi connectivity index (χ2v) is 5.82. The van der Waals surface area contributed by atoms with E-state index in [1.165, 1.54) is 29.5 Å². The number of nitrogens with one attached hydrogen (secondary N) is 1. The molecule has 2 aromatic rings. The van der Waals surface area contributed by atoms with Crippen LogP contribution >= 0.6 is 11.3 Å². The monoisotopic (exact) mass is 362 g/mol. The first-order valence-electron chi connectivity index (χ1n) is 7.67. The Bertz CT molecular complexity index is 764. The van der Waals surface area contributed by atoms with E-state index in [-0.39, 0.29) is 30.2 Å². The molecule has 0 saturated carbocycles. The fourth-order valence-corrected chi connectivity index (χ4v) is 2.77. The van der Waals surface area contributed by atoms with Crippen LogP contribution in [0.3, 0.4) is 0 Å². The Kier molecular flexibility index (Phi) is 6.24. The topological polar surface area (TPSA) is 94.6 Å². The molecule has 7 nitrogen and oxygen atoms in total. The van der Waals surface area contributed by atoms with Crippen LogP contribution in [0.2, 0.25) is 0 Å². The van der Waals surface area contributed by atoms with Gasteiger partial charge in [0.15, 0.2) is 0 Å². The quantitative estimate of drug-likeness (QED) is 0.794. The number of aryl methyl sites for hydroxylation is 1. The van der Waals surface area contributed by atoms with E-state index < -0.39 is 11.9 Å². The van der Waals surface area contributed by atoms with Gasteiger partial charge < -0.3 is 14.8 Å². The van der Waals surface area contributed by atoms with Crippen molar-refractivity contribution < 1.29 is 23.9 Å². The van der Waals surface area contributed by atoms with Gasteiger partial charge in [-0.25, -0.2) is 14.6 Å². The molecule has 0 bridgehead atoms. The maximum atomic E-state index is 12.3. The summed E-state index contributed by atoms with van der Waals surface area (Å²) >= 11 is 1.21. The number of anilines is 1. The highest BCUT2D eigenvalue weighted by atomic mass is 32.1. The van der Waals surface area contributed by atoms with Gasteiger partial charge in [0.05, 0.1) is 35.5 Å². The number of esters is 2. The van der Waals surface area contributed by atoms with E-state index >= 15 is 0 Å². The minimum absolute atomic E-state index is 0.156. The molecule has 0 fully saturated rings. The summed E-state index contributed by atoms with van der Waals surface area (Å²) in [4.78, 5) is 40.8. The Morgan fingerprint density at radius 3 is 2.04 bits per heavy atom. The molecule has 0 spiro atoms. The Morgan fingerprint density at radius 1 is 1.04 bits per heavy atom. The SMILES string of the molecule is CCOC(=O)c1cc(NC(=O)c2scnc2C)cc(C(=O)OCC)c1. The van der Waals surface area contributed by atoms with Gasteiger partial charge >= 0.3 is 11.9 Å². The molecule has 0 aliphatic carbocycles. The zero-order valence-corrected chi connectivity index (χ0v) is 14.9. The number of amides is 1. The lowest BCUT2D eigenvalue weighted by Crippen LogP contribution is -2.15. The van der Waals surface area contributed by atoms with Crippen LogP contribution in [0.1, 0.15) is 49.9 Å². The number of rotatable bonds is 6. The molecule has 2 rings (SSSR count). The van der Waals surface area contributed by atoms with E-state index in [4.69, 9.17) is 9.47 Å². The third-order valence-corrected chi connectivity index (χ3v) is 4.09. The summed E-state index contributed by atoms with van der Waals surface area (Å²) < 4.78 is 9.92. The van der Waals surface area contributed by atoms with Crippen molar-refractivity contribution in [2.75, 3.05) is 18.5 Å². The molecule has 0 unspecified atom stereocenters. The van der Waals surface area contributed by atoms with Crippen LogP contribution in [-0.4, -0.2) is 36.0 Å². The Labute approximate surface area is 149 Å². The summed E-state index contributed by atoms with van der Waals surface area (Å²) in [6.45, 7) is 5.49. The van der Waals surface area contributed by atoms with Crippen molar-refractivity contribution in [2.45, 2.75) is 20.8 Å². The van der Waals surface area contributed by atoms with Crippen LogP contribution in [0, 0.1) is 6.92 Å². The molecule has 1 aromatic carbocycles. The number of nitrogens with zero attached hydrogens (tertiary/aromatic N) is 1. The largest absolute Gasteiger partial charge is 0.462 e.